The number of guanidine groups is 1. The fourth-order valence-electron chi connectivity index (χ4n) is 3.08. The van der Waals surface area contributed by atoms with Crippen molar-refractivity contribution in [3.8, 4) is 0 Å². The molecule has 1 amide bonds. The maximum absolute atomic E-state index is 12.7. The number of nitrogens with two attached hydrogens (primary N) is 1. The van der Waals surface area contributed by atoms with Crippen LogP contribution in [0, 0.1) is 12.8 Å². The minimum atomic E-state index is -0.137. The lowest BCUT2D eigenvalue weighted by molar-refractivity contribution is -0.108. The molecule has 1 atom stereocenters. The van der Waals surface area contributed by atoms with Crippen molar-refractivity contribution in [2.45, 2.75) is 60.2 Å². The van der Waals surface area contributed by atoms with Gasteiger partial charge in [0.05, 0.1) is 6.04 Å². The molecule has 0 saturated heterocycles. The van der Waals surface area contributed by atoms with Gasteiger partial charge in [-0.05, 0) is 35.6 Å². The minimum absolute atomic E-state index is 0.103. The number of nitrogens with zero attached hydrogens (tertiary/aromatic N) is 2. The molecule has 2 rings (SSSR count). The van der Waals surface area contributed by atoms with Gasteiger partial charge in [-0.1, -0.05) is 70.2 Å². The van der Waals surface area contributed by atoms with E-state index < -0.39 is 0 Å². The first-order chi connectivity index (χ1) is 15.3. The highest BCUT2D eigenvalue weighted by molar-refractivity contribution is 5.95. The van der Waals surface area contributed by atoms with Gasteiger partial charge in [0.25, 0.3) is 5.91 Å². The molecule has 0 spiro atoms. The van der Waals surface area contributed by atoms with E-state index in [0.29, 0.717) is 31.0 Å². The Morgan fingerprint density at radius 3 is 2.38 bits per heavy atom. The molecule has 174 valence electrons. The zero-order valence-corrected chi connectivity index (χ0v) is 20.3. The van der Waals surface area contributed by atoms with Crippen molar-refractivity contribution < 1.29 is 9.59 Å². The van der Waals surface area contributed by atoms with Crippen molar-refractivity contribution in [2.24, 2.45) is 16.6 Å². The van der Waals surface area contributed by atoms with Crippen LogP contribution in [0.2, 0.25) is 0 Å². The number of amides is 1. The number of hydrogen-bond acceptors (Lipinski definition) is 3. The Bertz CT molecular complexity index is 879. The number of nitrogens with one attached hydrogen (secondary N) is 1. The van der Waals surface area contributed by atoms with Gasteiger partial charge >= 0.3 is 0 Å². The normalized spacial score (nSPS) is 11.9. The van der Waals surface area contributed by atoms with Crippen molar-refractivity contribution in [3.63, 3.8) is 0 Å². The van der Waals surface area contributed by atoms with Crippen molar-refractivity contribution in [1.29, 1.82) is 0 Å². The molecule has 0 aliphatic heterocycles. The Morgan fingerprint density at radius 1 is 1.12 bits per heavy atom. The van der Waals surface area contributed by atoms with Gasteiger partial charge in [-0.2, -0.15) is 0 Å². The largest absolute Gasteiger partial charge is 0.370 e. The van der Waals surface area contributed by atoms with Crippen LogP contribution in [0.1, 0.15) is 61.2 Å². The summed E-state index contributed by atoms with van der Waals surface area (Å²) < 4.78 is 0. The van der Waals surface area contributed by atoms with E-state index >= 15 is 0 Å². The predicted molar refractivity (Wildman–Crippen MR) is 133 cm³/mol. The van der Waals surface area contributed by atoms with Gasteiger partial charge in [0.15, 0.2) is 5.96 Å². The molecule has 0 saturated carbocycles. The lowest BCUT2D eigenvalue weighted by atomic mass is 10.0. The first-order valence-electron chi connectivity index (χ1n) is 11.2. The maximum Gasteiger partial charge on any atom is 0.251 e. The van der Waals surface area contributed by atoms with Crippen LogP contribution in [0.25, 0.3) is 0 Å². The van der Waals surface area contributed by atoms with Gasteiger partial charge in [0.1, 0.15) is 6.29 Å². The number of aryl methyl sites for hydroxylation is 1. The summed E-state index contributed by atoms with van der Waals surface area (Å²) in [7, 11) is 1.85. The molecule has 0 aliphatic carbocycles. The molecule has 3 N–H and O–H groups in total. The summed E-state index contributed by atoms with van der Waals surface area (Å²) in [5.74, 6) is 0.501. The van der Waals surface area contributed by atoms with E-state index in [2.05, 4.69) is 10.3 Å². The van der Waals surface area contributed by atoms with Crippen molar-refractivity contribution in [1.82, 2.24) is 10.2 Å². The first-order valence-corrected chi connectivity index (χ1v) is 11.2. The second-order valence-corrected chi connectivity index (χ2v) is 7.87. The quantitative estimate of drug-likeness (QED) is 0.347. The third kappa shape index (κ3) is 8.53. The molecule has 0 bridgehead atoms. The topological polar surface area (TPSA) is 87.8 Å². The number of hydrogen-bond donors (Lipinski definition) is 2. The van der Waals surface area contributed by atoms with Crippen LogP contribution in [-0.4, -0.2) is 36.1 Å². The Morgan fingerprint density at radius 2 is 1.78 bits per heavy atom. The SMILES string of the molecule is CC.Cc1ccc(CN(C)C(N)=NC(CC=O)C(C)C)cc1C(=O)NCc1ccccc1. The lowest BCUT2D eigenvalue weighted by Crippen LogP contribution is -2.35. The van der Waals surface area contributed by atoms with Crippen LogP contribution in [0.3, 0.4) is 0 Å². The highest BCUT2D eigenvalue weighted by atomic mass is 16.1. The zero-order chi connectivity index (χ0) is 24.1. The third-order valence-corrected chi connectivity index (χ3v) is 5.06. The van der Waals surface area contributed by atoms with Crippen molar-refractivity contribution >= 4 is 18.2 Å². The van der Waals surface area contributed by atoms with E-state index in [0.717, 1.165) is 23.0 Å². The second-order valence-electron chi connectivity index (χ2n) is 7.87. The number of aldehydes is 1. The molecule has 0 aromatic heterocycles. The number of carbonyl (C=O) groups excluding carboxylic acids is 2. The van der Waals surface area contributed by atoms with Crippen LogP contribution in [0.15, 0.2) is 53.5 Å². The molecule has 2 aromatic rings. The lowest BCUT2D eigenvalue weighted by Gasteiger charge is -2.22. The van der Waals surface area contributed by atoms with E-state index in [1.165, 1.54) is 0 Å². The van der Waals surface area contributed by atoms with Crippen LogP contribution < -0.4 is 11.1 Å². The summed E-state index contributed by atoms with van der Waals surface area (Å²) in [6, 6.07) is 15.5. The van der Waals surface area contributed by atoms with E-state index in [1.807, 2.05) is 95.1 Å². The zero-order valence-electron chi connectivity index (χ0n) is 20.3. The molecular formula is C26H38N4O2. The summed E-state index contributed by atoms with van der Waals surface area (Å²) in [4.78, 5) is 29.9. The molecule has 1 unspecified atom stereocenters. The average Bonchev–Trinajstić information content (AvgIpc) is 2.80. The molecule has 6 heteroatoms. The summed E-state index contributed by atoms with van der Waals surface area (Å²) in [5.41, 5.74) is 9.73. The van der Waals surface area contributed by atoms with Gasteiger partial charge in [0, 0.05) is 32.1 Å². The van der Waals surface area contributed by atoms with Crippen LogP contribution in [0.5, 0.6) is 0 Å². The Balaban J connectivity index is 0.00000249. The Hall–Kier alpha value is -3.15. The smallest absolute Gasteiger partial charge is 0.251 e. The van der Waals surface area contributed by atoms with E-state index in [1.54, 1.807) is 0 Å². The molecular weight excluding hydrogens is 400 g/mol. The fraction of sp³-hybridized carbons (Fsp3) is 0.423. The van der Waals surface area contributed by atoms with Gasteiger partial charge in [-0.3, -0.25) is 4.79 Å². The predicted octanol–water partition coefficient (Wildman–Crippen LogP) is 4.31. The van der Waals surface area contributed by atoms with E-state index in [-0.39, 0.29) is 17.9 Å². The van der Waals surface area contributed by atoms with E-state index in [4.69, 9.17) is 5.73 Å². The van der Waals surface area contributed by atoms with Crippen molar-refractivity contribution in [3.05, 3.63) is 70.8 Å². The number of benzene rings is 2. The summed E-state index contributed by atoms with van der Waals surface area (Å²) in [6.07, 6.45) is 1.23. The fourth-order valence-corrected chi connectivity index (χ4v) is 3.08. The molecule has 0 fully saturated rings. The highest BCUT2D eigenvalue weighted by Crippen LogP contribution is 2.14. The second kappa shape index (κ2) is 14.0. The minimum Gasteiger partial charge on any atom is -0.370 e. The molecule has 0 aliphatic rings. The maximum atomic E-state index is 12.7. The highest BCUT2D eigenvalue weighted by Gasteiger charge is 2.15. The summed E-state index contributed by atoms with van der Waals surface area (Å²) in [6.45, 7) is 11.0. The van der Waals surface area contributed by atoms with Gasteiger partial charge < -0.3 is 20.7 Å². The number of rotatable bonds is 9. The van der Waals surface area contributed by atoms with Crippen LogP contribution in [0.4, 0.5) is 0 Å². The molecule has 6 nitrogen and oxygen atoms in total. The molecule has 2 aromatic carbocycles. The van der Waals surface area contributed by atoms with Crippen LogP contribution in [-0.2, 0) is 17.9 Å². The molecule has 0 radical (unpaired) electrons. The molecule has 0 heterocycles. The standard InChI is InChI=1S/C24H32N4O2.C2H6/c1-17(2)22(12-13-29)27-24(25)28(4)16-20-11-10-18(3)21(14-20)23(30)26-15-19-8-6-5-7-9-19;1-2/h5-11,13-14,17,22H,12,15-16H2,1-4H3,(H2,25,27)(H,26,30);1-2H3. The Labute approximate surface area is 192 Å². The molecule has 32 heavy (non-hydrogen) atoms. The average molecular weight is 439 g/mol. The van der Waals surface area contributed by atoms with Gasteiger partial charge in [-0.25, -0.2) is 4.99 Å². The number of carbonyl (C=O) groups is 2. The summed E-state index contributed by atoms with van der Waals surface area (Å²) in [5, 5.41) is 2.98. The first kappa shape index (κ1) is 26.9. The van der Waals surface area contributed by atoms with Crippen molar-refractivity contribution in [2.75, 3.05) is 7.05 Å². The van der Waals surface area contributed by atoms with Gasteiger partial charge in [0.2, 0.25) is 0 Å². The van der Waals surface area contributed by atoms with Gasteiger partial charge in [-0.15, -0.1) is 0 Å². The van der Waals surface area contributed by atoms with E-state index in [9.17, 15) is 9.59 Å². The van der Waals surface area contributed by atoms with Crippen LogP contribution >= 0.6 is 0 Å². The summed E-state index contributed by atoms with van der Waals surface area (Å²) >= 11 is 0. The third-order valence-electron chi connectivity index (χ3n) is 5.06. The monoisotopic (exact) mass is 438 g/mol. The Kier molecular flexibility index (Phi) is 11.8. The number of aliphatic imine (C=N–C) groups is 1.